The second kappa shape index (κ2) is 9.62. The minimum absolute atomic E-state index is 0.0114. The lowest BCUT2D eigenvalue weighted by Gasteiger charge is -2.19. The van der Waals surface area contributed by atoms with Gasteiger partial charge in [-0.3, -0.25) is 9.59 Å². The lowest BCUT2D eigenvalue weighted by Crippen LogP contribution is -2.35. The van der Waals surface area contributed by atoms with Crippen LogP contribution in [0.2, 0.25) is 0 Å². The minimum atomic E-state index is -3.88. The molecule has 2 rings (SSSR count). The Balaban J connectivity index is 2.07. The highest BCUT2D eigenvalue weighted by Gasteiger charge is 2.24. The standard InChI is InChI=1S/C20H26N4O4S/c1-5-24(6-2)20(26)16-8-10-17(11-9-16)29(27,28)23(4)14-19(25)22-18-12-7-15(3)13-21-18/h7-13H,5-6,14H2,1-4H3,(H,21,22,25). The normalized spacial score (nSPS) is 11.3. The van der Waals surface area contributed by atoms with Gasteiger partial charge < -0.3 is 10.2 Å². The van der Waals surface area contributed by atoms with Gasteiger partial charge in [-0.15, -0.1) is 0 Å². The summed E-state index contributed by atoms with van der Waals surface area (Å²) < 4.78 is 26.4. The predicted molar refractivity (Wildman–Crippen MR) is 111 cm³/mol. The van der Waals surface area contributed by atoms with Crippen LogP contribution in [0.25, 0.3) is 0 Å². The molecule has 1 N–H and O–H groups in total. The van der Waals surface area contributed by atoms with E-state index in [1.165, 1.54) is 31.3 Å². The summed E-state index contributed by atoms with van der Waals surface area (Å²) in [4.78, 5) is 30.2. The third kappa shape index (κ3) is 5.61. The van der Waals surface area contributed by atoms with E-state index < -0.39 is 15.9 Å². The van der Waals surface area contributed by atoms with Crippen molar-refractivity contribution in [2.75, 3.05) is 32.0 Å². The van der Waals surface area contributed by atoms with Crippen LogP contribution in [-0.4, -0.2) is 61.1 Å². The number of hydrogen-bond acceptors (Lipinski definition) is 5. The summed E-state index contributed by atoms with van der Waals surface area (Å²) in [6.07, 6.45) is 1.61. The van der Waals surface area contributed by atoms with E-state index in [0.29, 0.717) is 24.5 Å². The molecule has 0 atom stereocenters. The number of amides is 2. The highest BCUT2D eigenvalue weighted by Crippen LogP contribution is 2.16. The van der Waals surface area contributed by atoms with Crippen molar-refractivity contribution < 1.29 is 18.0 Å². The Labute approximate surface area is 171 Å². The number of aryl methyl sites for hydroxylation is 1. The van der Waals surface area contributed by atoms with E-state index >= 15 is 0 Å². The largest absolute Gasteiger partial charge is 0.339 e. The lowest BCUT2D eigenvalue weighted by molar-refractivity contribution is -0.116. The molecule has 9 heteroatoms. The first-order valence-electron chi connectivity index (χ1n) is 9.27. The van der Waals surface area contributed by atoms with Crippen molar-refractivity contribution in [1.29, 1.82) is 0 Å². The number of benzene rings is 1. The van der Waals surface area contributed by atoms with Crippen molar-refractivity contribution in [3.8, 4) is 0 Å². The van der Waals surface area contributed by atoms with E-state index in [2.05, 4.69) is 10.3 Å². The van der Waals surface area contributed by atoms with Gasteiger partial charge in [0, 0.05) is 31.9 Å². The highest BCUT2D eigenvalue weighted by atomic mass is 32.2. The quantitative estimate of drug-likeness (QED) is 0.708. The smallest absolute Gasteiger partial charge is 0.253 e. The number of aromatic nitrogens is 1. The third-order valence-electron chi connectivity index (χ3n) is 4.41. The SMILES string of the molecule is CCN(CC)C(=O)c1ccc(S(=O)(=O)N(C)CC(=O)Nc2ccc(C)cn2)cc1. The number of pyridine rings is 1. The maximum absolute atomic E-state index is 12.7. The maximum atomic E-state index is 12.7. The molecule has 8 nitrogen and oxygen atoms in total. The van der Waals surface area contributed by atoms with Crippen molar-refractivity contribution in [2.24, 2.45) is 0 Å². The Kier molecular flexibility index (Phi) is 7.46. The van der Waals surface area contributed by atoms with E-state index in [4.69, 9.17) is 0 Å². The molecule has 156 valence electrons. The molecule has 0 spiro atoms. The molecule has 0 aliphatic carbocycles. The third-order valence-corrected chi connectivity index (χ3v) is 6.22. The van der Waals surface area contributed by atoms with Crippen LogP contribution in [0.15, 0.2) is 47.5 Å². The van der Waals surface area contributed by atoms with E-state index in [9.17, 15) is 18.0 Å². The summed E-state index contributed by atoms with van der Waals surface area (Å²) in [7, 11) is -2.55. The van der Waals surface area contributed by atoms with Gasteiger partial charge in [-0.2, -0.15) is 4.31 Å². The van der Waals surface area contributed by atoms with E-state index in [1.54, 1.807) is 23.2 Å². The summed E-state index contributed by atoms with van der Waals surface area (Å²) in [5, 5.41) is 2.57. The number of nitrogens with one attached hydrogen (secondary N) is 1. The van der Waals surface area contributed by atoms with Crippen molar-refractivity contribution in [1.82, 2.24) is 14.2 Å². The molecule has 0 saturated heterocycles. The van der Waals surface area contributed by atoms with E-state index in [-0.39, 0.29) is 17.3 Å². The number of carbonyl (C=O) groups excluding carboxylic acids is 2. The molecule has 0 fully saturated rings. The zero-order valence-corrected chi connectivity index (χ0v) is 17.9. The molecular formula is C20H26N4O4S. The summed E-state index contributed by atoms with van der Waals surface area (Å²) in [5.74, 6) is -0.302. The average Bonchev–Trinajstić information content (AvgIpc) is 2.70. The minimum Gasteiger partial charge on any atom is -0.339 e. The summed E-state index contributed by atoms with van der Waals surface area (Å²) in [6, 6.07) is 9.16. The maximum Gasteiger partial charge on any atom is 0.253 e. The fourth-order valence-electron chi connectivity index (χ4n) is 2.65. The average molecular weight is 419 g/mol. The van der Waals surface area contributed by atoms with Crippen molar-refractivity contribution in [3.63, 3.8) is 0 Å². The van der Waals surface area contributed by atoms with Gasteiger partial charge in [-0.25, -0.2) is 13.4 Å². The molecule has 0 aliphatic heterocycles. The van der Waals surface area contributed by atoms with Gasteiger partial charge in [0.1, 0.15) is 5.82 Å². The highest BCUT2D eigenvalue weighted by molar-refractivity contribution is 7.89. The van der Waals surface area contributed by atoms with Crippen molar-refractivity contribution in [3.05, 3.63) is 53.7 Å². The Bertz CT molecular complexity index is 953. The van der Waals surface area contributed by atoms with E-state index in [0.717, 1.165) is 9.87 Å². The molecule has 1 aromatic carbocycles. The molecular weight excluding hydrogens is 392 g/mol. The number of likely N-dealkylation sites (N-methyl/N-ethyl adjacent to an activating group) is 1. The molecule has 0 unspecified atom stereocenters. The van der Waals surface area contributed by atoms with Crippen LogP contribution >= 0.6 is 0 Å². The molecule has 0 aliphatic rings. The number of carbonyl (C=O) groups is 2. The molecule has 0 bridgehead atoms. The Morgan fingerprint density at radius 2 is 1.66 bits per heavy atom. The predicted octanol–water partition coefficient (Wildman–Crippen LogP) is 2.13. The van der Waals surface area contributed by atoms with Gasteiger partial charge >= 0.3 is 0 Å². The molecule has 1 heterocycles. The van der Waals surface area contributed by atoms with Crippen LogP contribution in [0.3, 0.4) is 0 Å². The molecule has 29 heavy (non-hydrogen) atoms. The number of sulfonamides is 1. The van der Waals surface area contributed by atoms with Crippen LogP contribution in [0.4, 0.5) is 5.82 Å². The van der Waals surface area contributed by atoms with Crippen LogP contribution in [0.1, 0.15) is 29.8 Å². The zero-order chi connectivity index (χ0) is 21.6. The Hall–Kier alpha value is -2.78. The Morgan fingerprint density at radius 1 is 1.03 bits per heavy atom. The van der Waals surface area contributed by atoms with Gasteiger partial charge in [-0.05, 0) is 56.7 Å². The van der Waals surface area contributed by atoms with Crippen molar-refractivity contribution >= 4 is 27.7 Å². The summed E-state index contributed by atoms with van der Waals surface area (Å²) >= 11 is 0. The van der Waals surface area contributed by atoms with Crippen molar-refractivity contribution in [2.45, 2.75) is 25.7 Å². The topological polar surface area (TPSA) is 99.7 Å². The number of nitrogens with zero attached hydrogens (tertiary/aromatic N) is 3. The first kappa shape index (κ1) is 22.5. The first-order valence-corrected chi connectivity index (χ1v) is 10.7. The summed E-state index contributed by atoms with van der Waals surface area (Å²) in [6.45, 7) is 6.42. The van der Waals surface area contributed by atoms with Gasteiger partial charge in [-0.1, -0.05) is 6.07 Å². The summed E-state index contributed by atoms with van der Waals surface area (Å²) in [5.41, 5.74) is 1.36. The number of rotatable bonds is 8. The molecule has 0 saturated carbocycles. The molecule has 0 radical (unpaired) electrons. The van der Waals surface area contributed by atoms with Crippen LogP contribution in [0.5, 0.6) is 0 Å². The van der Waals surface area contributed by atoms with Crippen LogP contribution in [0, 0.1) is 6.92 Å². The number of hydrogen-bond donors (Lipinski definition) is 1. The second-order valence-corrected chi connectivity index (χ2v) is 8.58. The molecule has 2 amide bonds. The monoisotopic (exact) mass is 418 g/mol. The second-order valence-electron chi connectivity index (χ2n) is 6.53. The van der Waals surface area contributed by atoms with Gasteiger partial charge in [0.15, 0.2) is 0 Å². The van der Waals surface area contributed by atoms with Crippen LogP contribution in [-0.2, 0) is 14.8 Å². The van der Waals surface area contributed by atoms with Gasteiger partial charge in [0.25, 0.3) is 5.91 Å². The fraction of sp³-hybridized carbons (Fsp3) is 0.350. The van der Waals surface area contributed by atoms with Gasteiger partial charge in [0.2, 0.25) is 15.9 Å². The Morgan fingerprint density at radius 3 is 2.17 bits per heavy atom. The molecule has 1 aromatic heterocycles. The fourth-order valence-corrected chi connectivity index (χ4v) is 3.78. The van der Waals surface area contributed by atoms with E-state index in [1.807, 2.05) is 20.8 Å². The lowest BCUT2D eigenvalue weighted by atomic mass is 10.2. The zero-order valence-electron chi connectivity index (χ0n) is 17.0. The van der Waals surface area contributed by atoms with Crippen LogP contribution < -0.4 is 5.32 Å². The molecule has 2 aromatic rings. The number of anilines is 1. The van der Waals surface area contributed by atoms with Gasteiger partial charge in [0.05, 0.1) is 11.4 Å². The first-order chi connectivity index (χ1) is 13.7.